The van der Waals surface area contributed by atoms with Gasteiger partial charge in [-0.2, -0.15) is 0 Å². The highest BCUT2D eigenvalue weighted by Crippen LogP contribution is 2.43. The van der Waals surface area contributed by atoms with Gasteiger partial charge < -0.3 is 9.29 Å². The van der Waals surface area contributed by atoms with Crippen molar-refractivity contribution in [3.8, 4) is 0 Å². The molecular formula is C10H18NO4S-. The van der Waals surface area contributed by atoms with Crippen LogP contribution in [0.1, 0.15) is 47.0 Å². The maximum atomic E-state index is 11.8. The molecule has 16 heavy (non-hydrogen) atoms. The zero-order valence-electron chi connectivity index (χ0n) is 10.1. The lowest BCUT2D eigenvalue weighted by molar-refractivity contribution is 0.0506. The number of amides is 1. The summed E-state index contributed by atoms with van der Waals surface area (Å²) in [7, 11) is 0. The second-order valence-corrected chi connectivity index (χ2v) is 5.89. The minimum absolute atomic E-state index is 0.417. The number of nitrogens with zero attached hydrogens (tertiary/aromatic N) is 1. The highest BCUT2D eigenvalue weighted by atomic mass is 32.2. The van der Waals surface area contributed by atoms with Crippen LogP contribution >= 0.6 is 0 Å². The molecule has 0 aromatic carbocycles. The number of carbonyl (C=O) groups excluding carboxylic acids is 1. The summed E-state index contributed by atoms with van der Waals surface area (Å²) in [6.07, 6.45) is 1.58. The van der Waals surface area contributed by atoms with Crippen molar-refractivity contribution in [1.82, 2.24) is 4.31 Å². The van der Waals surface area contributed by atoms with Gasteiger partial charge in [0.25, 0.3) is 0 Å². The van der Waals surface area contributed by atoms with Crippen molar-refractivity contribution < 1.29 is 18.3 Å². The average molecular weight is 248 g/mol. The molecule has 0 N–H and O–H groups in total. The molecule has 1 aliphatic carbocycles. The molecule has 0 heterocycles. The summed E-state index contributed by atoms with van der Waals surface area (Å²) in [5, 5.41) is 0. The fourth-order valence-electron chi connectivity index (χ4n) is 1.45. The predicted octanol–water partition coefficient (Wildman–Crippen LogP) is 1.96. The molecule has 1 atom stereocenters. The monoisotopic (exact) mass is 248 g/mol. The zero-order valence-corrected chi connectivity index (χ0v) is 10.9. The van der Waals surface area contributed by atoms with Crippen molar-refractivity contribution >= 4 is 17.4 Å². The second-order valence-electron chi connectivity index (χ2n) is 5.09. The standard InChI is InChI=1S/C10H19NO4S/c1-5-10(6-7-10)15-8(12)11(16(13)14)9(2,3)4/h5-7H2,1-4H3,(H,13,14)/p-1. The summed E-state index contributed by atoms with van der Waals surface area (Å²) in [5.74, 6) is 0. The fraction of sp³-hybridized carbons (Fsp3) is 0.900. The van der Waals surface area contributed by atoms with E-state index in [-0.39, 0.29) is 0 Å². The Morgan fingerprint density at radius 3 is 2.25 bits per heavy atom. The molecule has 1 amide bonds. The van der Waals surface area contributed by atoms with Gasteiger partial charge in [-0.15, -0.1) is 0 Å². The van der Waals surface area contributed by atoms with Gasteiger partial charge in [-0.05, 0) is 40.0 Å². The third kappa shape index (κ3) is 2.95. The first-order valence-electron chi connectivity index (χ1n) is 5.34. The lowest BCUT2D eigenvalue weighted by Gasteiger charge is -2.36. The van der Waals surface area contributed by atoms with E-state index in [1.807, 2.05) is 6.92 Å². The first-order chi connectivity index (χ1) is 7.22. The molecule has 0 aromatic rings. The minimum Gasteiger partial charge on any atom is -0.755 e. The van der Waals surface area contributed by atoms with Gasteiger partial charge in [0.15, 0.2) is 0 Å². The Morgan fingerprint density at radius 2 is 2.00 bits per heavy atom. The molecule has 6 heteroatoms. The Kier molecular flexibility index (Phi) is 3.64. The minimum atomic E-state index is -2.60. The van der Waals surface area contributed by atoms with Gasteiger partial charge in [-0.3, -0.25) is 4.21 Å². The molecule has 0 radical (unpaired) electrons. The molecule has 1 fully saturated rings. The van der Waals surface area contributed by atoms with Crippen LogP contribution in [0, 0.1) is 0 Å². The maximum Gasteiger partial charge on any atom is 0.421 e. The number of ether oxygens (including phenoxy) is 1. The summed E-state index contributed by atoms with van der Waals surface area (Å²) in [6.45, 7) is 6.87. The molecule has 0 spiro atoms. The fourth-order valence-corrected chi connectivity index (χ4v) is 2.06. The number of rotatable bonds is 3. The Hall–Kier alpha value is -0.620. The normalized spacial score (nSPS) is 20.1. The highest BCUT2D eigenvalue weighted by molar-refractivity contribution is 7.77. The quantitative estimate of drug-likeness (QED) is 0.716. The van der Waals surface area contributed by atoms with E-state index in [1.165, 1.54) is 0 Å². The maximum absolute atomic E-state index is 11.8. The lowest BCUT2D eigenvalue weighted by Crippen LogP contribution is -2.48. The SMILES string of the molecule is CCC1(OC(=O)N(S(=O)[O-])C(C)(C)C)CC1. The van der Waals surface area contributed by atoms with Crippen molar-refractivity contribution in [1.29, 1.82) is 0 Å². The molecule has 94 valence electrons. The van der Waals surface area contributed by atoms with Crippen LogP contribution in [0.5, 0.6) is 0 Å². The van der Waals surface area contributed by atoms with E-state index in [0.29, 0.717) is 0 Å². The molecule has 1 rings (SSSR count). The molecule has 1 saturated carbocycles. The molecule has 1 aliphatic rings. The van der Waals surface area contributed by atoms with Gasteiger partial charge >= 0.3 is 6.09 Å². The van der Waals surface area contributed by atoms with Gasteiger partial charge in [0.2, 0.25) is 0 Å². The predicted molar refractivity (Wildman–Crippen MR) is 59.2 cm³/mol. The van der Waals surface area contributed by atoms with Crippen LogP contribution in [-0.2, 0) is 16.0 Å². The summed E-state index contributed by atoms with van der Waals surface area (Å²) in [6, 6.07) is 0. The molecule has 5 nitrogen and oxygen atoms in total. The van der Waals surface area contributed by atoms with E-state index in [1.54, 1.807) is 20.8 Å². The lowest BCUT2D eigenvalue weighted by atomic mass is 10.1. The average Bonchev–Trinajstić information content (AvgIpc) is 2.81. The van der Waals surface area contributed by atoms with Gasteiger partial charge in [0, 0.05) is 0 Å². The Morgan fingerprint density at radius 1 is 1.50 bits per heavy atom. The number of hydrogen-bond donors (Lipinski definition) is 0. The largest absolute Gasteiger partial charge is 0.755 e. The van der Waals surface area contributed by atoms with Crippen LogP contribution in [0.2, 0.25) is 0 Å². The summed E-state index contributed by atoms with van der Waals surface area (Å²) >= 11 is -2.60. The Labute approximate surface area is 98.6 Å². The van der Waals surface area contributed by atoms with Crippen molar-refractivity contribution in [3.05, 3.63) is 0 Å². The Balaban J connectivity index is 2.73. The first kappa shape index (κ1) is 13.4. The van der Waals surface area contributed by atoms with Gasteiger partial charge in [0.1, 0.15) is 5.60 Å². The van der Waals surface area contributed by atoms with Crippen LogP contribution < -0.4 is 0 Å². The van der Waals surface area contributed by atoms with E-state index in [9.17, 15) is 13.6 Å². The van der Waals surface area contributed by atoms with Crippen LogP contribution in [-0.4, -0.2) is 30.3 Å². The van der Waals surface area contributed by atoms with Gasteiger partial charge in [0.05, 0.1) is 16.8 Å². The van der Waals surface area contributed by atoms with E-state index in [4.69, 9.17) is 4.74 Å². The summed E-state index contributed by atoms with van der Waals surface area (Å²) < 4.78 is 28.0. The van der Waals surface area contributed by atoms with E-state index in [2.05, 4.69) is 0 Å². The van der Waals surface area contributed by atoms with Crippen LogP contribution in [0.4, 0.5) is 4.79 Å². The topological polar surface area (TPSA) is 69.7 Å². The molecular weight excluding hydrogens is 230 g/mol. The van der Waals surface area contributed by atoms with Crippen molar-refractivity contribution in [3.63, 3.8) is 0 Å². The first-order valence-corrected chi connectivity index (χ1v) is 6.38. The zero-order chi connectivity index (χ0) is 12.6. The highest BCUT2D eigenvalue weighted by Gasteiger charge is 2.47. The second kappa shape index (κ2) is 4.33. The number of hydrogen-bond acceptors (Lipinski definition) is 4. The summed E-state index contributed by atoms with van der Waals surface area (Å²) in [5.41, 5.74) is -1.21. The molecule has 1 unspecified atom stereocenters. The van der Waals surface area contributed by atoms with Crippen LogP contribution in [0.25, 0.3) is 0 Å². The summed E-state index contributed by atoms with van der Waals surface area (Å²) in [4.78, 5) is 11.8. The molecule has 0 aromatic heterocycles. The van der Waals surface area contributed by atoms with Gasteiger partial charge in [-0.25, -0.2) is 9.10 Å². The molecule has 0 aliphatic heterocycles. The molecule has 0 bridgehead atoms. The smallest absolute Gasteiger partial charge is 0.421 e. The molecule has 0 saturated heterocycles. The van der Waals surface area contributed by atoms with Crippen molar-refractivity contribution in [2.75, 3.05) is 0 Å². The van der Waals surface area contributed by atoms with Crippen LogP contribution in [0.3, 0.4) is 0 Å². The van der Waals surface area contributed by atoms with E-state index >= 15 is 0 Å². The van der Waals surface area contributed by atoms with E-state index in [0.717, 1.165) is 23.6 Å². The number of carbonyl (C=O) groups is 1. The van der Waals surface area contributed by atoms with E-state index < -0.39 is 28.5 Å². The van der Waals surface area contributed by atoms with Crippen molar-refractivity contribution in [2.45, 2.75) is 58.1 Å². The third-order valence-electron chi connectivity index (χ3n) is 2.68. The van der Waals surface area contributed by atoms with Crippen molar-refractivity contribution in [2.24, 2.45) is 0 Å². The third-order valence-corrected chi connectivity index (χ3v) is 3.67. The van der Waals surface area contributed by atoms with Gasteiger partial charge in [-0.1, -0.05) is 6.92 Å². The van der Waals surface area contributed by atoms with Crippen LogP contribution in [0.15, 0.2) is 0 Å². The Bertz CT molecular complexity index is 306.